The van der Waals surface area contributed by atoms with Gasteiger partial charge in [-0.25, -0.2) is 0 Å². The lowest BCUT2D eigenvalue weighted by Crippen LogP contribution is -2.40. The van der Waals surface area contributed by atoms with E-state index >= 15 is 0 Å². The minimum atomic E-state index is -1.17. The number of hydrogen-bond donors (Lipinski definition) is 3. The number of carbonyl (C=O) groups is 4. The van der Waals surface area contributed by atoms with Crippen LogP contribution in [0.5, 0.6) is 0 Å². The number of likely N-dealkylation sites (tertiary alicyclic amines) is 1. The molecule has 0 spiro atoms. The van der Waals surface area contributed by atoms with Crippen molar-refractivity contribution in [3.05, 3.63) is 54.4 Å². The molecule has 0 unspecified atom stereocenters. The summed E-state index contributed by atoms with van der Waals surface area (Å²) >= 11 is 0. The summed E-state index contributed by atoms with van der Waals surface area (Å²) in [4.78, 5) is 48.9. The summed E-state index contributed by atoms with van der Waals surface area (Å²) in [5, 5.41) is 20.3. The Labute approximate surface area is 223 Å². The molecule has 3 heterocycles. The second-order valence-corrected chi connectivity index (χ2v) is 9.64. The first-order chi connectivity index (χ1) is 18.8. The summed E-state index contributed by atoms with van der Waals surface area (Å²) in [6, 6.07) is 13.8. The fourth-order valence-electron chi connectivity index (χ4n) is 5.10. The summed E-state index contributed by atoms with van der Waals surface area (Å²) in [6.07, 6.45) is 3.17. The Morgan fingerprint density at radius 1 is 1.03 bits per heavy atom. The third-order valence-corrected chi connectivity index (χ3v) is 7.08. The Morgan fingerprint density at radius 3 is 2.54 bits per heavy atom. The number of piperidine rings is 1. The maximum Gasteiger partial charge on any atom is 0.322 e. The molecule has 3 amide bonds. The molecule has 1 saturated heterocycles. The fourth-order valence-corrected chi connectivity index (χ4v) is 5.10. The van der Waals surface area contributed by atoms with Crippen molar-refractivity contribution in [2.75, 3.05) is 26.2 Å². The van der Waals surface area contributed by atoms with E-state index in [2.05, 4.69) is 10.6 Å². The number of nitrogens with one attached hydrogen (secondary N) is 2. The number of furan rings is 1. The molecule has 0 atom stereocenters. The predicted octanol–water partition coefficient (Wildman–Crippen LogP) is 2.49. The normalized spacial score (nSPS) is 14.0. The smallest absolute Gasteiger partial charge is 0.322 e. The Morgan fingerprint density at radius 2 is 1.79 bits per heavy atom. The molecule has 2 aromatic carbocycles. The second kappa shape index (κ2) is 11.0. The van der Waals surface area contributed by atoms with Crippen molar-refractivity contribution >= 4 is 45.6 Å². The first-order valence-electron chi connectivity index (χ1n) is 12.8. The summed E-state index contributed by atoms with van der Waals surface area (Å²) in [5.74, 6) is -2.03. The standard InChI is InChI=1S/C28H29N5O6/c1-17(34)32-10-7-19(8-11-32)28-27-21(20-6-5-18-9-12-39-23(18)13-20)3-2-4-22(27)33(31-28)16-25(36)29-14-24(35)30-15-26(37)38/h2-6,9,12-13,19H,7-8,10-11,14-16H2,1H3,(H,29,36)(H,30,35)(H,37,38). The van der Waals surface area contributed by atoms with Crippen LogP contribution < -0.4 is 10.6 Å². The van der Waals surface area contributed by atoms with E-state index in [-0.39, 0.29) is 24.9 Å². The number of fused-ring (bicyclic) bond motifs is 2. The van der Waals surface area contributed by atoms with Crippen LogP contribution in [0.3, 0.4) is 0 Å². The number of amides is 3. The van der Waals surface area contributed by atoms with Gasteiger partial charge in [0.05, 0.1) is 24.0 Å². The van der Waals surface area contributed by atoms with E-state index < -0.39 is 24.3 Å². The van der Waals surface area contributed by atoms with Gasteiger partial charge in [-0.05, 0) is 42.2 Å². The predicted molar refractivity (Wildman–Crippen MR) is 143 cm³/mol. The zero-order valence-electron chi connectivity index (χ0n) is 21.5. The monoisotopic (exact) mass is 531 g/mol. The number of benzene rings is 2. The molecule has 3 N–H and O–H groups in total. The van der Waals surface area contributed by atoms with Crippen LogP contribution in [0.4, 0.5) is 0 Å². The number of rotatable bonds is 8. The van der Waals surface area contributed by atoms with Gasteiger partial charge in [0.2, 0.25) is 17.7 Å². The van der Waals surface area contributed by atoms with Crippen molar-refractivity contribution < 1.29 is 28.7 Å². The number of carboxylic acids is 1. The Balaban J connectivity index is 1.47. The molecular weight excluding hydrogens is 502 g/mol. The Hall–Kier alpha value is -4.67. The van der Waals surface area contributed by atoms with Crippen LogP contribution >= 0.6 is 0 Å². The van der Waals surface area contributed by atoms with E-state index in [0.29, 0.717) is 13.1 Å². The highest BCUT2D eigenvalue weighted by atomic mass is 16.4. The van der Waals surface area contributed by atoms with E-state index in [1.807, 2.05) is 47.4 Å². The lowest BCUT2D eigenvalue weighted by Gasteiger charge is -2.30. The summed E-state index contributed by atoms with van der Waals surface area (Å²) < 4.78 is 7.27. The van der Waals surface area contributed by atoms with E-state index in [1.165, 1.54) is 0 Å². The van der Waals surface area contributed by atoms with Gasteiger partial charge >= 0.3 is 5.97 Å². The largest absolute Gasteiger partial charge is 0.480 e. The lowest BCUT2D eigenvalue weighted by molar-refractivity contribution is -0.137. The molecule has 1 fully saturated rings. The molecule has 0 bridgehead atoms. The first kappa shape index (κ1) is 26.0. The molecule has 0 radical (unpaired) electrons. The van der Waals surface area contributed by atoms with Gasteiger partial charge in [0, 0.05) is 36.7 Å². The van der Waals surface area contributed by atoms with Crippen LogP contribution in [-0.4, -0.2) is 69.7 Å². The maximum atomic E-state index is 12.7. The zero-order chi connectivity index (χ0) is 27.5. The second-order valence-electron chi connectivity index (χ2n) is 9.64. The van der Waals surface area contributed by atoms with E-state index in [4.69, 9.17) is 14.6 Å². The van der Waals surface area contributed by atoms with Gasteiger partial charge in [-0.3, -0.25) is 23.9 Å². The number of nitrogens with zero attached hydrogens (tertiary/aromatic N) is 3. The molecule has 2 aromatic heterocycles. The van der Waals surface area contributed by atoms with Crippen molar-refractivity contribution in [2.24, 2.45) is 0 Å². The van der Waals surface area contributed by atoms with E-state index in [0.717, 1.165) is 51.5 Å². The summed E-state index contributed by atoms with van der Waals surface area (Å²) in [5.41, 5.74) is 4.35. The third kappa shape index (κ3) is 5.62. The molecule has 11 nitrogen and oxygen atoms in total. The van der Waals surface area contributed by atoms with Crippen molar-refractivity contribution in [3.63, 3.8) is 0 Å². The van der Waals surface area contributed by atoms with Gasteiger partial charge < -0.3 is 25.1 Å². The Bertz CT molecular complexity index is 1560. The Kier molecular flexibility index (Phi) is 7.31. The quantitative estimate of drug-likeness (QED) is 0.317. The molecule has 39 heavy (non-hydrogen) atoms. The highest BCUT2D eigenvalue weighted by molar-refractivity contribution is 5.99. The number of carbonyl (C=O) groups excluding carboxylic acids is 3. The molecule has 4 aromatic rings. The number of aliphatic carboxylic acids is 1. The van der Waals surface area contributed by atoms with E-state index in [9.17, 15) is 19.2 Å². The SMILES string of the molecule is CC(=O)N1CCC(c2nn(CC(=O)NCC(=O)NCC(=O)O)c3cccc(-c4ccc5ccoc5c4)c23)CC1. The van der Waals surface area contributed by atoms with Crippen LogP contribution in [0.25, 0.3) is 33.0 Å². The van der Waals surface area contributed by atoms with Crippen LogP contribution in [-0.2, 0) is 25.7 Å². The molecule has 1 aliphatic rings. The van der Waals surface area contributed by atoms with Gasteiger partial charge in [0.1, 0.15) is 18.7 Å². The van der Waals surface area contributed by atoms with Crippen molar-refractivity contribution in [1.29, 1.82) is 0 Å². The van der Waals surface area contributed by atoms with Crippen LogP contribution in [0.15, 0.2) is 53.1 Å². The van der Waals surface area contributed by atoms with Crippen molar-refractivity contribution in [1.82, 2.24) is 25.3 Å². The fraction of sp³-hybridized carbons (Fsp3) is 0.321. The molecule has 1 aliphatic heterocycles. The average Bonchev–Trinajstić information content (AvgIpc) is 3.55. The molecule has 0 saturated carbocycles. The third-order valence-electron chi connectivity index (χ3n) is 7.08. The minimum Gasteiger partial charge on any atom is -0.480 e. The number of aromatic nitrogens is 2. The van der Waals surface area contributed by atoms with Crippen molar-refractivity contribution in [2.45, 2.75) is 32.2 Å². The number of carboxylic acid groups (broad SMARTS) is 1. The van der Waals surface area contributed by atoms with Gasteiger partial charge in [0.15, 0.2) is 0 Å². The maximum absolute atomic E-state index is 12.7. The van der Waals surface area contributed by atoms with E-state index in [1.54, 1.807) is 17.9 Å². The van der Waals surface area contributed by atoms with Gasteiger partial charge in [-0.1, -0.05) is 24.3 Å². The zero-order valence-corrected chi connectivity index (χ0v) is 21.5. The van der Waals surface area contributed by atoms with Gasteiger partial charge in [-0.2, -0.15) is 5.10 Å². The van der Waals surface area contributed by atoms with Crippen molar-refractivity contribution in [3.8, 4) is 11.1 Å². The van der Waals surface area contributed by atoms with Crippen LogP contribution in [0, 0.1) is 0 Å². The van der Waals surface area contributed by atoms with Crippen LogP contribution in [0.2, 0.25) is 0 Å². The van der Waals surface area contributed by atoms with Gasteiger partial charge in [-0.15, -0.1) is 0 Å². The highest BCUT2D eigenvalue weighted by Gasteiger charge is 2.28. The summed E-state index contributed by atoms with van der Waals surface area (Å²) in [6.45, 7) is 1.89. The first-order valence-corrected chi connectivity index (χ1v) is 12.8. The molecule has 5 rings (SSSR count). The highest BCUT2D eigenvalue weighted by Crippen LogP contribution is 2.38. The average molecular weight is 532 g/mol. The molecule has 11 heteroatoms. The number of hydrogen-bond acceptors (Lipinski definition) is 6. The van der Waals surface area contributed by atoms with Crippen LogP contribution in [0.1, 0.15) is 31.4 Å². The minimum absolute atomic E-state index is 0.0559. The topological polar surface area (TPSA) is 147 Å². The molecule has 202 valence electrons. The molecule has 0 aliphatic carbocycles. The molecular formula is C28H29N5O6. The van der Waals surface area contributed by atoms with Gasteiger partial charge in [0.25, 0.3) is 0 Å². The summed E-state index contributed by atoms with van der Waals surface area (Å²) in [7, 11) is 0. The lowest BCUT2D eigenvalue weighted by atomic mass is 9.89.